The first-order chi connectivity index (χ1) is 26.9. The lowest BCUT2D eigenvalue weighted by molar-refractivity contribution is -0.298. The Morgan fingerprint density at radius 2 is 1.04 bits per heavy atom. The molecule has 1 fully saturated rings. The van der Waals surface area contributed by atoms with Gasteiger partial charge in [0.1, 0.15) is 30.5 Å². The van der Waals surface area contributed by atoms with Gasteiger partial charge in [0, 0.05) is 0 Å². The van der Waals surface area contributed by atoms with Gasteiger partial charge in [0.25, 0.3) is 0 Å². The maximum atomic E-state index is 13.1. The lowest BCUT2D eigenvalue weighted by Gasteiger charge is -2.41. The highest BCUT2D eigenvalue weighted by atomic mass is 32.3. The number of amides is 1. The normalized spacial score (nSPS) is 21.9. The summed E-state index contributed by atoms with van der Waals surface area (Å²) in [5.41, 5.74) is 0. The number of nitrogens with one attached hydrogen (secondary N) is 1. The van der Waals surface area contributed by atoms with Crippen molar-refractivity contribution in [2.45, 2.75) is 249 Å². The summed E-state index contributed by atoms with van der Waals surface area (Å²) < 4.78 is 47.5. The van der Waals surface area contributed by atoms with Gasteiger partial charge < -0.3 is 40.3 Å². The number of unbranched alkanes of at least 4 members (excludes halogenated alkanes) is 25. The molecule has 1 heterocycles. The molecular formula is C42H83NO12S. The van der Waals surface area contributed by atoms with Crippen LogP contribution in [-0.2, 0) is 28.9 Å². The van der Waals surface area contributed by atoms with Crippen molar-refractivity contribution in [2.75, 3.05) is 13.2 Å². The largest absolute Gasteiger partial charge is 0.397 e. The number of carbonyl (C=O) groups excluding carboxylic acids is 1. The van der Waals surface area contributed by atoms with Crippen LogP contribution in [0.2, 0.25) is 0 Å². The van der Waals surface area contributed by atoms with E-state index in [0.29, 0.717) is 19.3 Å². The second kappa shape index (κ2) is 33.8. The number of rotatable bonds is 38. The molecule has 0 aromatic heterocycles. The van der Waals surface area contributed by atoms with Crippen molar-refractivity contribution in [1.29, 1.82) is 0 Å². The maximum absolute atomic E-state index is 13.1. The van der Waals surface area contributed by atoms with Crippen LogP contribution in [-0.4, -0.2) is 107 Å². The van der Waals surface area contributed by atoms with Crippen LogP contribution < -0.4 is 5.32 Å². The highest BCUT2D eigenvalue weighted by Crippen LogP contribution is 2.26. The molecule has 334 valence electrons. The van der Waals surface area contributed by atoms with E-state index in [0.717, 1.165) is 38.5 Å². The molecule has 13 nitrogen and oxygen atoms in total. The number of ether oxygens (including phenoxy) is 2. The van der Waals surface area contributed by atoms with Gasteiger partial charge in [0.05, 0.1) is 25.4 Å². The van der Waals surface area contributed by atoms with Gasteiger partial charge in [-0.15, -0.1) is 0 Å². The average molecular weight is 826 g/mol. The third-order valence-electron chi connectivity index (χ3n) is 11.0. The van der Waals surface area contributed by atoms with E-state index < -0.39 is 78.5 Å². The molecule has 0 aromatic rings. The highest BCUT2D eigenvalue weighted by molar-refractivity contribution is 7.80. The molecule has 1 rings (SSSR count). The number of aliphatic hydroxyl groups is 5. The summed E-state index contributed by atoms with van der Waals surface area (Å²) in [6.07, 6.45) is 21.5. The third kappa shape index (κ3) is 26.2. The molecule has 0 radical (unpaired) electrons. The Kier molecular flexibility index (Phi) is 32.1. The Balaban J connectivity index is 2.58. The second-order valence-corrected chi connectivity index (χ2v) is 17.2. The Morgan fingerprint density at radius 1 is 0.643 bits per heavy atom. The fourth-order valence-corrected chi connectivity index (χ4v) is 7.92. The van der Waals surface area contributed by atoms with E-state index in [4.69, 9.17) is 14.0 Å². The summed E-state index contributed by atoms with van der Waals surface area (Å²) in [5.74, 6) is -0.668. The molecule has 1 amide bonds. The highest BCUT2D eigenvalue weighted by Gasteiger charge is 2.48. The predicted octanol–water partition coefficient (Wildman–Crippen LogP) is 7.19. The Bertz CT molecular complexity index is 1040. The van der Waals surface area contributed by atoms with Crippen LogP contribution in [0.25, 0.3) is 0 Å². The quantitative estimate of drug-likeness (QED) is 0.0244. The number of carbonyl (C=O) groups is 1. The molecule has 56 heavy (non-hydrogen) atoms. The molecule has 8 atom stereocenters. The van der Waals surface area contributed by atoms with Gasteiger partial charge in [0.2, 0.25) is 5.91 Å². The van der Waals surface area contributed by atoms with Gasteiger partial charge in [-0.25, -0.2) is 4.18 Å². The summed E-state index contributed by atoms with van der Waals surface area (Å²) in [6, 6.07) is -1.03. The van der Waals surface area contributed by atoms with Gasteiger partial charge in [-0.05, 0) is 12.8 Å². The number of aliphatic hydroxyl groups excluding tert-OH is 5. The smallest absolute Gasteiger partial charge is 0.394 e. The minimum Gasteiger partial charge on any atom is -0.394 e. The summed E-state index contributed by atoms with van der Waals surface area (Å²) in [6.45, 7) is 3.27. The van der Waals surface area contributed by atoms with E-state index in [1.807, 2.05) is 0 Å². The van der Waals surface area contributed by atoms with Crippen molar-refractivity contribution in [1.82, 2.24) is 5.32 Å². The predicted molar refractivity (Wildman–Crippen MR) is 219 cm³/mol. The first-order valence-electron chi connectivity index (χ1n) is 22.5. The lowest BCUT2D eigenvalue weighted by atomic mass is 9.99. The van der Waals surface area contributed by atoms with Gasteiger partial charge in [-0.2, -0.15) is 8.42 Å². The molecule has 1 saturated heterocycles. The van der Waals surface area contributed by atoms with Crippen molar-refractivity contribution >= 4 is 16.3 Å². The SMILES string of the molecule is CCCCCCCCCCCCCCCCCC(O)C(COC1OC(CO)C(O)C(OS(=O)(=O)O)C1O)NC(=O)C(O)CCCCCCCCCCCCCC. The molecule has 0 aliphatic carbocycles. The van der Waals surface area contributed by atoms with Crippen LogP contribution in [0.3, 0.4) is 0 Å². The molecule has 14 heteroatoms. The van der Waals surface area contributed by atoms with Crippen LogP contribution >= 0.6 is 0 Å². The van der Waals surface area contributed by atoms with Gasteiger partial charge in [0.15, 0.2) is 6.29 Å². The molecule has 0 saturated carbocycles. The summed E-state index contributed by atoms with van der Waals surface area (Å²) in [4.78, 5) is 13.1. The summed E-state index contributed by atoms with van der Waals surface area (Å²) >= 11 is 0. The van der Waals surface area contributed by atoms with Gasteiger partial charge >= 0.3 is 10.4 Å². The Hall–Kier alpha value is -0.940. The monoisotopic (exact) mass is 826 g/mol. The zero-order valence-corrected chi connectivity index (χ0v) is 35.9. The van der Waals surface area contributed by atoms with E-state index in [2.05, 4.69) is 23.3 Å². The maximum Gasteiger partial charge on any atom is 0.397 e. The van der Waals surface area contributed by atoms with Crippen molar-refractivity contribution in [3.63, 3.8) is 0 Å². The molecule has 7 N–H and O–H groups in total. The van der Waals surface area contributed by atoms with Crippen molar-refractivity contribution in [2.24, 2.45) is 0 Å². The van der Waals surface area contributed by atoms with E-state index >= 15 is 0 Å². The molecule has 8 unspecified atom stereocenters. The molecule has 1 aliphatic rings. The van der Waals surface area contributed by atoms with Crippen molar-refractivity contribution in [3.05, 3.63) is 0 Å². The minimum absolute atomic E-state index is 0.265. The molecule has 1 aliphatic heterocycles. The zero-order chi connectivity index (χ0) is 41.4. The zero-order valence-electron chi connectivity index (χ0n) is 35.1. The van der Waals surface area contributed by atoms with Crippen molar-refractivity contribution < 1.29 is 57.0 Å². The number of hydrogen-bond acceptors (Lipinski definition) is 11. The second-order valence-electron chi connectivity index (χ2n) is 16.1. The van der Waals surface area contributed by atoms with E-state index in [-0.39, 0.29) is 6.42 Å². The van der Waals surface area contributed by atoms with E-state index in [9.17, 15) is 38.7 Å². The lowest BCUT2D eigenvalue weighted by Crippen LogP contribution is -2.61. The molecule has 0 spiro atoms. The fraction of sp³-hybridized carbons (Fsp3) is 0.976. The van der Waals surface area contributed by atoms with E-state index in [1.165, 1.54) is 122 Å². The van der Waals surface area contributed by atoms with E-state index in [1.54, 1.807) is 0 Å². The standard InChI is InChI=1S/C42H83NO12S/c1-3-5-7-9-11-13-15-17-18-19-21-22-24-26-28-30-35(45)34(33-53-42-39(48)40(55-56(50,51)52)38(47)37(32-44)54-42)43-41(49)36(46)31-29-27-25-23-20-16-14-12-10-8-6-4-2/h34-40,42,44-48H,3-33H2,1-2H3,(H,43,49)(H,50,51,52). The number of hydrogen-bond donors (Lipinski definition) is 7. The van der Waals surface area contributed by atoms with Crippen LogP contribution in [0.1, 0.15) is 200 Å². The summed E-state index contributed by atoms with van der Waals surface area (Å²) in [7, 11) is -5.10. The van der Waals surface area contributed by atoms with Crippen LogP contribution in [0.5, 0.6) is 0 Å². The average Bonchev–Trinajstić information content (AvgIpc) is 3.16. The summed E-state index contributed by atoms with van der Waals surface area (Å²) in [5, 5.41) is 55.2. The first-order valence-corrected chi connectivity index (χ1v) is 23.9. The molecule has 0 aromatic carbocycles. The molecular weight excluding hydrogens is 743 g/mol. The fourth-order valence-electron chi connectivity index (χ4n) is 7.41. The topological polar surface area (TPSA) is 212 Å². The van der Waals surface area contributed by atoms with Crippen LogP contribution in [0.4, 0.5) is 0 Å². The van der Waals surface area contributed by atoms with Crippen molar-refractivity contribution in [3.8, 4) is 0 Å². The van der Waals surface area contributed by atoms with Gasteiger partial charge in [-0.1, -0.05) is 187 Å². The first kappa shape index (κ1) is 53.1. The van der Waals surface area contributed by atoms with Crippen LogP contribution in [0.15, 0.2) is 0 Å². The van der Waals surface area contributed by atoms with Crippen LogP contribution in [0, 0.1) is 0 Å². The Labute approximate surface area is 340 Å². The third-order valence-corrected chi connectivity index (χ3v) is 11.5. The minimum atomic E-state index is -5.10. The van der Waals surface area contributed by atoms with Gasteiger partial charge in [-0.3, -0.25) is 9.35 Å². The molecule has 0 bridgehead atoms. The Morgan fingerprint density at radius 3 is 1.43 bits per heavy atom.